The van der Waals surface area contributed by atoms with Crippen molar-refractivity contribution in [2.75, 3.05) is 5.43 Å². The van der Waals surface area contributed by atoms with Crippen LogP contribution in [0.3, 0.4) is 0 Å². The molecule has 2 aliphatic rings. The second-order valence-corrected chi connectivity index (χ2v) is 5.84. The number of nitrogens with two attached hydrogens (primary N) is 1. The predicted octanol–water partition coefficient (Wildman–Crippen LogP) is 1.97. The Hall–Kier alpha value is -1.40. The highest BCUT2D eigenvalue weighted by Gasteiger charge is 2.29. The van der Waals surface area contributed by atoms with Gasteiger partial charge in [0.2, 0.25) is 5.88 Å². The van der Waals surface area contributed by atoms with E-state index in [0.29, 0.717) is 17.6 Å². The minimum absolute atomic E-state index is 0.140. The van der Waals surface area contributed by atoms with Gasteiger partial charge in [0.05, 0.1) is 12.2 Å². The Bertz CT molecular complexity index is 468. The van der Waals surface area contributed by atoms with Gasteiger partial charge in [0.15, 0.2) is 0 Å². The number of nitrogens with zero attached hydrogens (tertiary/aromatic N) is 2. The number of ether oxygens (including phenoxy) is 2. The average Bonchev–Trinajstić information content (AvgIpc) is 3.21. The predicted molar refractivity (Wildman–Crippen MR) is 75.5 cm³/mol. The zero-order valence-corrected chi connectivity index (χ0v) is 12.0. The molecule has 3 rings (SSSR count). The molecule has 6 nitrogen and oxygen atoms in total. The summed E-state index contributed by atoms with van der Waals surface area (Å²) in [7, 11) is 0. The van der Waals surface area contributed by atoms with E-state index >= 15 is 0 Å². The maximum Gasteiger partial charge on any atom is 0.219 e. The number of aromatic nitrogens is 2. The molecule has 3 N–H and O–H groups in total. The normalized spacial score (nSPS) is 30.1. The number of hydrogen-bond donors (Lipinski definition) is 2. The van der Waals surface area contributed by atoms with Crippen molar-refractivity contribution >= 4 is 5.82 Å². The highest BCUT2D eigenvalue weighted by Crippen LogP contribution is 2.39. The fourth-order valence-corrected chi connectivity index (χ4v) is 2.71. The number of nitrogen functional groups attached to an aromatic ring is 1. The lowest BCUT2D eigenvalue weighted by atomic mass is 10.0. The molecule has 6 heteroatoms. The Labute approximate surface area is 119 Å². The Morgan fingerprint density at radius 3 is 2.55 bits per heavy atom. The molecule has 0 radical (unpaired) electrons. The van der Waals surface area contributed by atoms with Crippen molar-refractivity contribution in [2.45, 2.75) is 63.8 Å². The second kappa shape index (κ2) is 5.54. The summed E-state index contributed by atoms with van der Waals surface area (Å²) in [4.78, 5) is 8.90. The van der Waals surface area contributed by atoms with Crippen molar-refractivity contribution in [3.8, 4) is 5.88 Å². The van der Waals surface area contributed by atoms with Gasteiger partial charge in [0.25, 0.3) is 0 Å². The lowest BCUT2D eigenvalue weighted by Gasteiger charge is -2.32. The smallest absolute Gasteiger partial charge is 0.219 e. The van der Waals surface area contributed by atoms with Gasteiger partial charge in [-0.15, -0.1) is 0 Å². The van der Waals surface area contributed by atoms with E-state index in [1.807, 2.05) is 0 Å². The zero-order valence-electron chi connectivity index (χ0n) is 12.0. The minimum Gasteiger partial charge on any atom is -0.474 e. The van der Waals surface area contributed by atoms with Crippen molar-refractivity contribution in [2.24, 2.45) is 5.84 Å². The summed E-state index contributed by atoms with van der Waals surface area (Å²) in [6.45, 7) is 4.16. The van der Waals surface area contributed by atoms with Crippen LogP contribution in [0.5, 0.6) is 5.88 Å². The SMILES string of the molecule is CC1CC(Oc2cc(NN)nc(C3CC3)n2)CC(C)O1. The van der Waals surface area contributed by atoms with E-state index in [2.05, 4.69) is 29.2 Å². The van der Waals surface area contributed by atoms with E-state index in [1.54, 1.807) is 6.07 Å². The lowest BCUT2D eigenvalue weighted by Crippen LogP contribution is -2.36. The Morgan fingerprint density at radius 1 is 1.25 bits per heavy atom. The monoisotopic (exact) mass is 278 g/mol. The summed E-state index contributed by atoms with van der Waals surface area (Å²) in [6.07, 6.45) is 4.66. The van der Waals surface area contributed by atoms with Crippen molar-refractivity contribution < 1.29 is 9.47 Å². The van der Waals surface area contributed by atoms with Gasteiger partial charge in [0.1, 0.15) is 17.7 Å². The maximum absolute atomic E-state index is 6.03. The summed E-state index contributed by atoms with van der Waals surface area (Å²) in [6, 6.07) is 1.76. The van der Waals surface area contributed by atoms with Crippen LogP contribution < -0.4 is 16.0 Å². The summed E-state index contributed by atoms with van der Waals surface area (Å²) in [5.74, 6) is 8.00. The van der Waals surface area contributed by atoms with Gasteiger partial charge in [-0.3, -0.25) is 0 Å². The fourth-order valence-electron chi connectivity index (χ4n) is 2.71. The summed E-state index contributed by atoms with van der Waals surface area (Å²) in [5, 5.41) is 0. The molecule has 1 aliphatic heterocycles. The second-order valence-electron chi connectivity index (χ2n) is 5.84. The number of rotatable bonds is 4. The molecule has 0 amide bonds. The third-order valence-corrected chi connectivity index (χ3v) is 3.75. The molecule has 1 saturated carbocycles. The molecule has 1 aromatic heterocycles. The number of nitrogens with one attached hydrogen (secondary N) is 1. The van der Waals surface area contributed by atoms with Crippen LogP contribution in [-0.4, -0.2) is 28.3 Å². The van der Waals surface area contributed by atoms with Crippen molar-refractivity contribution in [3.05, 3.63) is 11.9 Å². The highest BCUT2D eigenvalue weighted by atomic mass is 16.5. The van der Waals surface area contributed by atoms with Crippen molar-refractivity contribution in [1.82, 2.24) is 9.97 Å². The summed E-state index contributed by atoms with van der Waals surface area (Å²) in [5.41, 5.74) is 2.59. The standard InChI is InChI=1S/C14H22N4O2/c1-8-5-11(6-9(2)19-8)20-13-7-12(18-15)16-14(17-13)10-3-4-10/h7-11H,3-6,15H2,1-2H3,(H,16,17,18). The van der Waals surface area contributed by atoms with Crippen LogP contribution >= 0.6 is 0 Å². The molecule has 1 aliphatic carbocycles. The van der Waals surface area contributed by atoms with E-state index < -0.39 is 0 Å². The van der Waals surface area contributed by atoms with Crippen LogP contribution in [0.15, 0.2) is 6.07 Å². The molecule has 20 heavy (non-hydrogen) atoms. The van der Waals surface area contributed by atoms with Crippen LogP contribution in [0.1, 0.15) is 51.3 Å². The van der Waals surface area contributed by atoms with E-state index in [9.17, 15) is 0 Å². The van der Waals surface area contributed by atoms with Gasteiger partial charge in [-0.1, -0.05) is 0 Å². The molecular weight excluding hydrogens is 256 g/mol. The molecule has 2 unspecified atom stereocenters. The van der Waals surface area contributed by atoms with Crippen molar-refractivity contribution in [3.63, 3.8) is 0 Å². The van der Waals surface area contributed by atoms with Crippen LogP contribution in [0.25, 0.3) is 0 Å². The minimum atomic E-state index is 0.140. The third-order valence-electron chi connectivity index (χ3n) is 3.75. The molecule has 1 saturated heterocycles. The van der Waals surface area contributed by atoms with Gasteiger partial charge < -0.3 is 14.9 Å². The zero-order chi connectivity index (χ0) is 14.1. The molecule has 2 fully saturated rings. The first-order valence-corrected chi connectivity index (χ1v) is 7.31. The van der Waals surface area contributed by atoms with Crippen LogP contribution in [0, 0.1) is 0 Å². The van der Waals surface area contributed by atoms with Crippen LogP contribution in [0.2, 0.25) is 0 Å². The molecular formula is C14H22N4O2. The van der Waals surface area contributed by atoms with E-state index in [-0.39, 0.29) is 18.3 Å². The first kappa shape index (κ1) is 13.6. The largest absolute Gasteiger partial charge is 0.474 e. The molecule has 0 spiro atoms. The maximum atomic E-state index is 6.03. The van der Waals surface area contributed by atoms with Gasteiger partial charge in [-0.05, 0) is 26.7 Å². The average molecular weight is 278 g/mol. The first-order valence-electron chi connectivity index (χ1n) is 7.31. The number of hydrazine groups is 1. The summed E-state index contributed by atoms with van der Waals surface area (Å²) >= 11 is 0. The van der Waals surface area contributed by atoms with E-state index in [4.69, 9.17) is 15.3 Å². The van der Waals surface area contributed by atoms with E-state index in [1.165, 1.54) is 0 Å². The van der Waals surface area contributed by atoms with Crippen LogP contribution in [-0.2, 0) is 4.74 Å². The van der Waals surface area contributed by atoms with Crippen LogP contribution in [0.4, 0.5) is 5.82 Å². The Morgan fingerprint density at radius 2 is 1.95 bits per heavy atom. The molecule has 2 atom stereocenters. The Balaban J connectivity index is 1.74. The third kappa shape index (κ3) is 3.19. The van der Waals surface area contributed by atoms with Gasteiger partial charge in [-0.2, -0.15) is 4.98 Å². The topological polar surface area (TPSA) is 82.3 Å². The molecule has 110 valence electrons. The molecule has 0 bridgehead atoms. The fraction of sp³-hybridized carbons (Fsp3) is 0.714. The van der Waals surface area contributed by atoms with Crippen molar-refractivity contribution in [1.29, 1.82) is 0 Å². The van der Waals surface area contributed by atoms with Gasteiger partial charge in [0, 0.05) is 24.8 Å². The number of anilines is 1. The molecule has 1 aromatic rings. The molecule has 0 aromatic carbocycles. The lowest BCUT2D eigenvalue weighted by molar-refractivity contribution is -0.0730. The Kier molecular flexibility index (Phi) is 3.76. The van der Waals surface area contributed by atoms with E-state index in [0.717, 1.165) is 31.5 Å². The van der Waals surface area contributed by atoms with Gasteiger partial charge >= 0.3 is 0 Å². The van der Waals surface area contributed by atoms with Gasteiger partial charge in [-0.25, -0.2) is 10.8 Å². The quantitative estimate of drug-likeness (QED) is 0.647. The number of hydrogen-bond acceptors (Lipinski definition) is 6. The first-order chi connectivity index (χ1) is 9.64. The highest BCUT2D eigenvalue weighted by molar-refractivity contribution is 5.38. The molecule has 2 heterocycles. The summed E-state index contributed by atoms with van der Waals surface area (Å²) < 4.78 is 11.8.